The van der Waals surface area contributed by atoms with Gasteiger partial charge >= 0.3 is 0 Å². The summed E-state index contributed by atoms with van der Waals surface area (Å²) in [6.45, 7) is 2.11. The lowest BCUT2D eigenvalue weighted by Crippen LogP contribution is -2.40. The molecule has 11 nitrogen and oxygen atoms in total. The monoisotopic (exact) mass is 589 g/mol. The Morgan fingerprint density at radius 3 is 2.23 bits per heavy atom. The summed E-state index contributed by atoms with van der Waals surface area (Å²) in [6.07, 6.45) is 0. The van der Waals surface area contributed by atoms with Crippen LogP contribution < -0.4 is 19.1 Å². The maximum atomic E-state index is 13.7. The smallest absolute Gasteiger partial charge is 0.264 e. The number of methoxy groups -OCH3 is 2. The standard InChI is InChI=1S/C27H31N3O8S2/c1-20-9-11-24(36-2)23(17-20)30(39(32,33)22-7-5-4-6-8-22)19-27(31)28-21-10-12-25(37-3)26(18-21)40(34,35)29-13-15-38-16-14-29/h4-12,17-18H,13-16,19H2,1-3H3,(H,28,31). The number of nitrogens with one attached hydrogen (secondary N) is 1. The van der Waals surface area contributed by atoms with Gasteiger partial charge in [-0.15, -0.1) is 0 Å². The molecule has 1 fully saturated rings. The van der Waals surface area contributed by atoms with Gasteiger partial charge in [-0.05, 0) is 55.0 Å². The van der Waals surface area contributed by atoms with Crippen molar-refractivity contribution in [3.63, 3.8) is 0 Å². The van der Waals surface area contributed by atoms with E-state index in [1.807, 2.05) is 0 Å². The molecule has 1 aliphatic heterocycles. The maximum Gasteiger partial charge on any atom is 0.264 e. The second-order valence-electron chi connectivity index (χ2n) is 8.93. The van der Waals surface area contributed by atoms with E-state index in [1.54, 1.807) is 43.3 Å². The van der Waals surface area contributed by atoms with E-state index in [9.17, 15) is 21.6 Å². The summed E-state index contributed by atoms with van der Waals surface area (Å²) in [4.78, 5) is 13.2. The molecule has 0 aromatic heterocycles. The lowest BCUT2D eigenvalue weighted by molar-refractivity contribution is -0.114. The minimum atomic E-state index is -4.19. The number of sulfonamides is 2. The number of carbonyl (C=O) groups excluding carboxylic acids is 1. The Morgan fingerprint density at radius 1 is 0.925 bits per heavy atom. The highest BCUT2D eigenvalue weighted by Crippen LogP contribution is 2.34. The van der Waals surface area contributed by atoms with Crippen molar-refractivity contribution in [1.29, 1.82) is 0 Å². The summed E-state index contributed by atoms with van der Waals surface area (Å²) < 4.78 is 72.3. The van der Waals surface area contributed by atoms with Crippen molar-refractivity contribution in [3.8, 4) is 11.5 Å². The van der Waals surface area contributed by atoms with E-state index in [0.29, 0.717) is 0 Å². The first-order chi connectivity index (χ1) is 19.1. The van der Waals surface area contributed by atoms with Crippen molar-refractivity contribution in [1.82, 2.24) is 4.31 Å². The van der Waals surface area contributed by atoms with Crippen molar-refractivity contribution in [2.24, 2.45) is 0 Å². The van der Waals surface area contributed by atoms with E-state index < -0.39 is 32.5 Å². The molecule has 1 aliphatic rings. The van der Waals surface area contributed by atoms with E-state index in [2.05, 4.69) is 5.32 Å². The summed E-state index contributed by atoms with van der Waals surface area (Å²) in [5, 5.41) is 2.64. The first kappa shape index (κ1) is 29.3. The van der Waals surface area contributed by atoms with Crippen LogP contribution in [0.15, 0.2) is 76.5 Å². The van der Waals surface area contributed by atoms with Gasteiger partial charge in [0.2, 0.25) is 15.9 Å². The Hall–Kier alpha value is -3.65. The number of morpholine rings is 1. The van der Waals surface area contributed by atoms with Gasteiger partial charge in [0.25, 0.3) is 10.0 Å². The topological polar surface area (TPSA) is 132 Å². The number of anilines is 2. The maximum absolute atomic E-state index is 13.7. The summed E-state index contributed by atoms with van der Waals surface area (Å²) in [5.74, 6) is -0.313. The van der Waals surface area contributed by atoms with Gasteiger partial charge < -0.3 is 19.5 Å². The summed E-state index contributed by atoms with van der Waals surface area (Å²) in [6, 6.07) is 17.0. The van der Waals surface area contributed by atoms with Crippen LogP contribution in [-0.4, -0.2) is 74.1 Å². The molecule has 40 heavy (non-hydrogen) atoms. The zero-order valence-electron chi connectivity index (χ0n) is 22.4. The summed E-state index contributed by atoms with van der Waals surface area (Å²) >= 11 is 0. The van der Waals surface area contributed by atoms with E-state index in [4.69, 9.17) is 14.2 Å². The minimum Gasteiger partial charge on any atom is -0.495 e. The SMILES string of the molecule is COc1ccc(C)cc1N(CC(=O)Nc1ccc(OC)c(S(=O)(=O)N2CCOCC2)c1)S(=O)(=O)c1ccccc1. The van der Waals surface area contributed by atoms with Gasteiger partial charge in [0.1, 0.15) is 22.9 Å². The molecule has 0 radical (unpaired) electrons. The molecule has 0 aliphatic carbocycles. The number of nitrogens with zero attached hydrogens (tertiary/aromatic N) is 2. The number of amides is 1. The molecule has 0 unspecified atom stereocenters. The molecule has 4 rings (SSSR count). The zero-order valence-corrected chi connectivity index (χ0v) is 24.0. The number of benzene rings is 3. The fraction of sp³-hybridized carbons (Fsp3) is 0.296. The Morgan fingerprint density at radius 2 is 1.57 bits per heavy atom. The second kappa shape index (κ2) is 12.3. The van der Waals surface area contributed by atoms with Crippen LogP contribution in [0.3, 0.4) is 0 Å². The highest BCUT2D eigenvalue weighted by molar-refractivity contribution is 7.93. The average molecular weight is 590 g/mol. The highest BCUT2D eigenvalue weighted by atomic mass is 32.2. The van der Waals surface area contributed by atoms with Crippen molar-refractivity contribution in [3.05, 3.63) is 72.3 Å². The number of hydrogen-bond acceptors (Lipinski definition) is 8. The van der Waals surface area contributed by atoms with E-state index in [-0.39, 0.29) is 59.0 Å². The van der Waals surface area contributed by atoms with Crippen LogP contribution in [0.25, 0.3) is 0 Å². The first-order valence-electron chi connectivity index (χ1n) is 12.4. The van der Waals surface area contributed by atoms with Gasteiger partial charge in [0.05, 0.1) is 38.0 Å². The van der Waals surface area contributed by atoms with Crippen LogP contribution in [0.4, 0.5) is 11.4 Å². The normalized spacial score (nSPS) is 14.4. The number of rotatable bonds is 10. The van der Waals surface area contributed by atoms with Crippen LogP contribution in [0, 0.1) is 6.92 Å². The van der Waals surface area contributed by atoms with Crippen molar-refractivity contribution < 1.29 is 35.8 Å². The second-order valence-corrected chi connectivity index (χ2v) is 12.7. The third-order valence-corrected chi connectivity index (χ3v) is 9.95. The molecule has 0 atom stereocenters. The third-order valence-electron chi connectivity index (χ3n) is 6.26. The van der Waals surface area contributed by atoms with Crippen LogP contribution >= 0.6 is 0 Å². The van der Waals surface area contributed by atoms with Crippen molar-refractivity contribution >= 4 is 37.3 Å². The van der Waals surface area contributed by atoms with Gasteiger partial charge in [-0.3, -0.25) is 9.10 Å². The number of aryl methyl sites for hydroxylation is 1. The summed E-state index contributed by atoms with van der Waals surface area (Å²) in [7, 11) is -5.37. The number of hydrogen-bond donors (Lipinski definition) is 1. The van der Waals surface area contributed by atoms with Crippen LogP contribution in [0.1, 0.15) is 5.56 Å². The summed E-state index contributed by atoms with van der Waals surface area (Å²) in [5.41, 5.74) is 1.11. The van der Waals surface area contributed by atoms with E-state index in [0.717, 1.165) is 9.87 Å². The molecular weight excluding hydrogens is 558 g/mol. The Bertz CT molecular complexity index is 1570. The minimum absolute atomic E-state index is 0.00491. The molecule has 1 saturated heterocycles. The van der Waals surface area contributed by atoms with Gasteiger partial charge in [0, 0.05) is 18.8 Å². The molecule has 1 N–H and O–H groups in total. The van der Waals surface area contributed by atoms with E-state index in [1.165, 1.54) is 48.9 Å². The molecule has 3 aromatic carbocycles. The first-order valence-corrected chi connectivity index (χ1v) is 15.2. The average Bonchev–Trinajstić information content (AvgIpc) is 2.96. The van der Waals surface area contributed by atoms with Crippen LogP contribution in [0.2, 0.25) is 0 Å². The lowest BCUT2D eigenvalue weighted by Gasteiger charge is -2.27. The van der Waals surface area contributed by atoms with Gasteiger partial charge in [-0.25, -0.2) is 16.8 Å². The quantitative estimate of drug-likeness (QED) is 0.382. The van der Waals surface area contributed by atoms with Gasteiger partial charge in [-0.2, -0.15) is 4.31 Å². The zero-order chi connectivity index (χ0) is 28.9. The molecule has 3 aromatic rings. The highest BCUT2D eigenvalue weighted by Gasteiger charge is 2.31. The predicted molar refractivity (Wildman–Crippen MR) is 150 cm³/mol. The molecule has 0 spiro atoms. The molecule has 13 heteroatoms. The fourth-order valence-electron chi connectivity index (χ4n) is 4.23. The Kier molecular flexibility index (Phi) is 8.98. The Labute approximate surface area is 234 Å². The fourth-order valence-corrected chi connectivity index (χ4v) is 7.26. The van der Waals surface area contributed by atoms with E-state index >= 15 is 0 Å². The Balaban J connectivity index is 1.68. The molecule has 0 saturated carbocycles. The predicted octanol–water partition coefficient (Wildman–Crippen LogP) is 2.87. The molecule has 1 amide bonds. The number of ether oxygens (including phenoxy) is 3. The van der Waals surface area contributed by atoms with Crippen LogP contribution in [-0.2, 0) is 29.6 Å². The molecule has 214 valence electrons. The largest absolute Gasteiger partial charge is 0.495 e. The van der Waals surface area contributed by atoms with Crippen molar-refractivity contribution in [2.45, 2.75) is 16.7 Å². The van der Waals surface area contributed by atoms with Gasteiger partial charge in [0.15, 0.2) is 0 Å². The molecular formula is C27H31N3O8S2. The molecule has 1 heterocycles. The third kappa shape index (κ3) is 6.22. The van der Waals surface area contributed by atoms with Crippen LogP contribution in [0.5, 0.6) is 11.5 Å². The lowest BCUT2D eigenvalue weighted by atomic mass is 10.2. The van der Waals surface area contributed by atoms with Gasteiger partial charge in [-0.1, -0.05) is 24.3 Å². The van der Waals surface area contributed by atoms with Crippen molar-refractivity contribution in [2.75, 3.05) is 56.7 Å². The molecule has 0 bridgehead atoms. The number of carbonyl (C=O) groups is 1.